The topological polar surface area (TPSA) is 138 Å². The van der Waals surface area contributed by atoms with Crippen LogP contribution < -0.4 is 5.73 Å². The number of anilines is 1. The first-order valence-corrected chi connectivity index (χ1v) is 9.91. The standard InChI is InChI=1S/C20H25N5O5/c1-2-3-9-28-29-10-13-15(26)16(27)20(30-13)25-11-22-14-17(21)23-18(24-19(14)25)12-7-5-4-6-8-12/h4-8,11,13,15-16,20,26-27H,2-3,9-10H2,1H3,(H2,21,23,24)/t13-,15-,16+,20-/m1/s1. The number of fused-ring (bicyclic) bond motifs is 1. The van der Waals surface area contributed by atoms with Crippen molar-refractivity contribution in [2.75, 3.05) is 18.9 Å². The molecule has 1 saturated heterocycles. The Hall–Kier alpha value is -2.63. The maximum absolute atomic E-state index is 10.6. The number of ether oxygens (including phenoxy) is 1. The second-order valence-electron chi connectivity index (χ2n) is 7.13. The summed E-state index contributed by atoms with van der Waals surface area (Å²) in [7, 11) is 0. The second-order valence-corrected chi connectivity index (χ2v) is 7.13. The Morgan fingerprint density at radius 3 is 2.70 bits per heavy atom. The highest BCUT2D eigenvalue weighted by Gasteiger charge is 2.44. The van der Waals surface area contributed by atoms with Gasteiger partial charge in [-0.05, 0) is 6.42 Å². The molecule has 0 spiro atoms. The van der Waals surface area contributed by atoms with Gasteiger partial charge in [0.05, 0.1) is 12.9 Å². The van der Waals surface area contributed by atoms with E-state index in [-0.39, 0.29) is 12.4 Å². The third kappa shape index (κ3) is 4.00. The van der Waals surface area contributed by atoms with E-state index in [1.165, 1.54) is 6.33 Å². The number of nitrogens with zero attached hydrogens (tertiary/aromatic N) is 4. The number of imidazole rings is 1. The van der Waals surface area contributed by atoms with Crippen molar-refractivity contribution < 1.29 is 24.7 Å². The predicted octanol–water partition coefficient (Wildman–Crippen LogP) is 1.44. The van der Waals surface area contributed by atoms with Crippen molar-refractivity contribution >= 4 is 17.0 Å². The highest BCUT2D eigenvalue weighted by Crippen LogP contribution is 2.33. The number of unbranched alkanes of at least 4 members (excludes halogenated alkanes) is 1. The van der Waals surface area contributed by atoms with Crippen molar-refractivity contribution in [2.24, 2.45) is 0 Å². The molecule has 0 saturated carbocycles. The fourth-order valence-electron chi connectivity index (χ4n) is 3.31. The van der Waals surface area contributed by atoms with Crippen molar-refractivity contribution in [3.05, 3.63) is 36.7 Å². The normalized spacial score (nSPS) is 24.0. The van der Waals surface area contributed by atoms with E-state index in [0.717, 1.165) is 18.4 Å². The molecular formula is C20H25N5O5. The molecule has 4 atom stereocenters. The molecule has 1 aromatic carbocycles. The van der Waals surface area contributed by atoms with Gasteiger partial charge in [0.1, 0.15) is 30.4 Å². The quantitative estimate of drug-likeness (QED) is 0.283. The molecule has 4 N–H and O–H groups in total. The van der Waals surface area contributed by atoms with Crippen LogP contribution in [0.1, 0.15) is 26.0 Å². The first kappa shape index (κ1) is 20.6. The van der Waals surface area contributed by atoms with Gasteiger partial charge in [0, 0.05) is 5.56 Å². The summed E-state index contributed by atoms with van der Waals surface area (Å²) < 4.78 is 7.39. The molecule has 0 amide bonds. The van der Waals surface area contributed by atoms with Crippen molar-refractivity contribution in [3.63, 3.8) is 0 Å². The molecule has 3 aromatic rings. The molecule has 160 valence electrons. The molecule has 4 rings (SSSR count). The van der Waals surface area contributed by atoms with E-state index in [0.29, 0.717) is 23.6 Å². The number of aliphatic hydroxyl groups excluding tert-OH is 2. The number of hydrogen-bond acceptors (Lipinski definition) is 9. The molecule has 1 fully saturated rings. The number of hydrogen-bond donors (Lipinski definition) is 3. The fourth-order valence-corrected chi connectivity index (χ4v) is 3.31. The van der Waals surface area contributed by atoms with Crippen molar-refractivity contribution in [3.8, 4) is 11.4 Å². The molecular weight excluding hydrogens is 390 g/mol. The van der Waals surface area contributed by atoms with Crippen molar-refractivity contribution in [1.82, 2.24) is 19.5 Å². The van der Waals surface area contributed by atoms with E-state index in [9.17, 15) is 10.2 Å². The largest absolute Gasteiger partial charge is 0.387 e. The Morgan fingerprint density at radius 2 is 1.93 bits per heavy atom. The lowest BCUT2D eigenvalue weighted by Gasteiger charge is -2.16. The van der Waals surface area contributed by atoms with Gasteiger partial charge in [0.2, 0.25) is 0 Å². The molecule has 0 unspecified atom stereocenters. The first-order chi connectivity index (χ1) is 14.6. The molecule has 1 aliphatic rings. The maximum Gasteiger partial charge on any atom is 0.168 e. The van der Waals surface area contributed by atoms with Crippen LogP contribution in [0.3, 0.4) is 0 Å². The zero-order chi connectivity index (χ0) is 21.1. The molecule has 0 radical (unpaired) electrons. The van der Waals surface area contributed by atoms with Crippen LogP contribution in [-0.2, 0) is 14.5 Å². The van der Waals surface area contributed by atoms with Gasteiger partial charge in [-0.15, -0.1) is 0 Å². The maximum atomic E-state index is 10.6. The molecule has 2 aromatic heterocycles. The summed E-state index contributed by atoms with van der Waals surface area (Å²) in [4.78, 5) is 23.3. The second kappa shape index (κ2) is 9.02. The minimum atomic E-state index is -1.21. The number of aromatic nitrogens is 4. The Bertz CT molecular complexity index is 982. The van der Waals surface area contributed by atoms with Crippen LogP contribution in [0.15, 0.2) is 36.7 Å². The van der Waals surface area contributed by atoms with Gasteiger partial charge in [-0.2, -0.15) is 0 Å². The summed E-state index contributed by atoms with van der Waals surface area (Å²) in [6.07, 6.45) is -0.727. The lowest BCUT2D eigenvalue weighted by molar-refractivity contribution is -0.310. The molecule has 0 aliphatic carbocycles. The Morgan fingerprint density at radius 1 is 1.13 bits per heavy atom. The van der Waals surface area contributed by atoms with Crippen molar-refractivity contribution in [2.45, 2.75) is 44.3 Å². The van der Waals surface area contributed by atoms with Crippen LogP contribution in [-0.4, -0.2) is 61.3 Å². The summed E-state index contributed by atoms with van der Waals surface area (Å²) >= 11 is 0. The lowest BCUT2D eigenvalue weighted by Crippen LogP contribution is -2.33. The number of nitrogens with two attached hydrogens (primary N) is 1. The third-order valence-corrected chi connectivity index (χ3v) is 4.99. The molecule has 30 heavy (non-hydrogen) atoms. The Balaban J connectivity index is 1.57. The smallest absolute Gasteiger partial charge is 0.168 e. The zero-order valence-corrected chi connectivity index (χ0v) is 16.6. The third-order valence-electron chi connectivity index (χ3n) is 4.99. The average Bonchev–Trinajstić information content (AvgIpc) is 3.30. The minimum absolute atomic E-state index is 0.0164. The van der Waals surface area contributed by atoms with E-state index >= 15 is 0 Å². The Kier molecular flexibility index (Phi) is 6.21. The van der Waals surface area contributed by atoms with Crippen LogP contribution in [0.25, 0.3) is 22.6 Å². The van der Waals surface area contributed by atoms with Crippen LogP contribution in [0, 0.1) is 0 Å². The highest BCUT2D eigenvalue weighted by atomic mass is 17.2. The fraction of sp³-hybridized carbons (Fsp3) is 0.450. The number of nitrogen functional groups attached to an aromatic ring is 1. The van der Waals surface area contributed by atoms with Crippen LogP contribution >= 0.6 is 0 Å². The number of rotatable bonds is 8. The van der Waals surface area contributed by atoms with Gasteiger partial charge < -0.3 is 20.7 Å². The van der Waals surface area contributed by atoms with Gasteiger partial charge in [-0.3, -0.25) is 4.57 Å². The summed E-state index contributed by atoms with van der Waals surface area (Å²) in [5.41, 5.74) is 7.67. The summed E-state index contributed by atoms with van der Waals surface area (Å²) in [6, 6.07) is 9.40. The van der Waals surface area contributed by atoms with Gasteiger partial charge in [0.25, 0.3) is 0 Å². The molecule has 10 nitrogen and oxygen atoms in total. The van der Waals surface area contributed by atoms with Crippen LogP contribution in [0.2, 0.25) is 0 Å². The van der Waals surface area contributed by atoms with Crippen LogP contribution in [0.5, 0.6) is 0 Å². The lowest BCUT2D eigenvalue weighted by atomic mass is 10.1. The summed E-state index contributed by atoms with van der Waals surface area (Å²) in [5.74, 6) is 0.648. The van der Waals surface area contributed by atoms with Gasteiger partial charge in [0.15, 0.2) is 23.5 Å². The molecule has 10 heteroatoms. The number of aliphatic hydroxyl groups is 2. The van der Waals surface area contributed by atoms with E-state index in [2.05, 4.69) is 15.0 Å². The van der Waals surface area contributed by atoms with E-state index in [1.54, 1.807) is 4.57 Å². The van der Waals surface area contributed by atoms with E-state index in [1.807, 2.05) is 37.3 Å². The van der Waals surface area contributed by atoms with Gasteiger partial charge >= 0.3 is 0 Å². The summed E-state index contributed by atoms with van der Waals surface area (Å²) in [6.45, 7) is 2.48. The SMILES string of the molecule is CCCCOOC[C@H]1O[C@@H](n2cnc3c(N)nc(-c4ccccc4)nc32)[C@@H](O)[C@@H]1O. The Labute approximate surface area is 173 Å². The molecule has 3 heterocycles. The average molecular weight is 415 g/mol. The highest BCUT2D eigenvalue weighted by molar-refractivity contribution is 5.83. The minimum Gasteiger partial charge on any atom is -0.387 e. The molecule has 1 aliphatic heterocycles. The molecule has 0 bridgehead atoms. The van der Waals surface area contributed by atoms with E-state index < -0.39 is 24.5 Å². The number of benzene rings is 1. The van der Waals surface area contributed by atoms with Crippen LogP contribution in [0.4, 0.5) is 5.82 Å². The van der Waals surface area contributed by atoms with E-state index in [4.69, 9.17) is 20.2 Å². The monoisotopic (exact) mass is 415 g/mol. The van der Waals surface area contributed by atoms with Gasteiger partial charge in [-0.1, -0.05) is 43.7 Å². The summed E-state index contributed by atoms with van der Waals surface area (Å²) in [5, 5.41) is 20.9. The van der Waals surface area contributed by atoms with Gasteiger partial charge in [-0.25, -0.2) is 24.7 Å². The predicted molar refractivity (Wildman–Crippen MR) is 108 cm³/mol. The van der Waals surface area contributed by atoms with Crippen molar-refractivity contribution in [1.29, 1.82) is 0 Å². The first-order valence-electron chi connectivity index (χ1n) is 9.91. The zero-order valence-electron chi connectivity index (χ0n) is 16.6.